The Labute approximate surface area is 91.2 Å². The molecule has 0 aliphatic carbocycles. The van der Waals surface area contributed by atoms with Crippen LogP contribution >= 0.6 is 0 Å². The Morgan fingerprint density at radius 2 is 1.47 bits per heavy atom. The van der Waals surface area contributed by atoms with Crippen LogP contribution in [0.2, 0.25) is 0 Å². The van der Waals surface area contributed by atoms with E-state index in [0.717, 1.165) is 0 Å². The smallest absolute Gasteiger partial charge is 0.0488 e. The Kier molecular flexibility index (Phi) is 2.39. The molecular formula is C14H17N. The van der Waals surface area contributed by atoms with Gasteiger partial charge in [0.1, 0.15) is 0 Å². The minimum Gasteiger partial charge on any atom is -0.361 e. The Hall–Kier alpha value is -1.50. The minimum absolute atomic E-state index is 1.25. The van der Waals surface area contributed by atoms with Crippen LogP contribution in [0.25, 0.3) is 11.3 Å². The highest BCUT2D eigenvalue weighted by molar-refractivity contribution is 5.70. The monoisotopic (exact) mass is 199 g/mol. The molecule has 1 nitrogen and oxygen atoms in total. The fourth-order valence-electron chi connectivity index (χ4n) is 2.29. The van der Waals surface area contributed by atoms with Gasteiger partial charge in [-0.05, 0) is 50.5 Å². The first kappa shape index (κ1) is 10.0. The molecule has 2 aromatic rings. The first-order valence-corrected chi connectivity index (χ1v) is 5.32. The van der Waals surface area contributed by atoms with Gasteiger partial charge in [-0.25, -0.2) is 0 Å². The normalized spacial score (nSPS) is 10.7. The Bertz CT molecular complexity index is 469. The van der Waals surface area contributed by atoms with Gasteiger partial charge < -0.3 is 4.98 Å². The molecule has 1 aromatic carbocycles. The van der Waals surface area contributed by atoms with Crippen LogP contribution in [0.15, 0.2) is 24.4 Å². The molecule has 1 N–H and O–H groups in total. The summed E-state index contributed by atoms with van der Waals surface area (Å²) < 4.78 is 0. The Balaban J connectivity index is 2.68. The summed E-state index contributed by atoms with van der Waals surface area (Å²) in [6.07, 6.45) is 2.00. The maximum absolute atomic E-state index is 3.32. The average molecular weight is 199 g/mol. The van der Waals surface area contributed by atoms with E-state index in [4.69, 9.17) is 0 Å². The van der Waals surface area contributed by atoms with Crippen LogP contribution in [0.5, 0.6) is 0 Å². The van der Waals surface area contributed by atoms with Gasteiger partial charge in [-0.2, -0.15) is 0 Å². The first-order chi connectivity index (χ1) is 7.09. The summed E-state index contributed by atoms with van der Waals surface area (Å²) in [5.41, 5.74) is 7.94. The van der Waals surface area contributed by atoms with Crippen LogP contribution in [0, 0.1) is 27.7 Å². The van der Waals surface area contributed by atoms with E-state index >= 15 is 0 Å². The summed E-state index contributed by atoms with van der Waals surface area (Å²) in [6.45, 7) is 8.64. The molecule has 0 atom stereocenters. The Morgan fingerprint density at radius 3 is 1.93 bits per heavy atom. The molecule has 0 unspecified atom stereocenters. The molecule has 78 valence electrons. The van der Waals surface area contributed by atoms with Crippen molar-refractivity contribution in [3.63, 3.8) is 0 Å². The van der Waals surface area contributed by atoms with Crippen molar-refractivity contribution < 1.29 is 0 Å². The molecule has 0 saturated heterocycles. The summed E-state index contributed by atoms with van der Waals surface area (Å²) >= 11 is 0. The molecular weight excluding hydrogens is 182 g/mol. The summed E-state index contributed by atoms with van der Waals surface area (Å²) in [7, 11) is 0. The van der Waals surface area contributed by atoms with Gasteiger partial charge in [-0.1, -0.05) is 17.7 Å². The summed E-state index contributed by atoms with van der Waals surface area (Å²) in [6, 6.07) is 6.60. The highest BCUT2D eigenvalue weighted by Crippen LogP contribution is 2.29. The lowest BCUT2D eigenvalue weighted by Gasteiger charge is -2.11. The van der Waals surface area contributed by atoms with E-state index < -0.39 is 0 Å². The van der Waals surface area contributed by atoms with Gasteiger partial charge >= 0.3 is 0 Å². The van der Waals surface area contributed by atoms with E-state index in [9.17, 15) is 0 Å². The van der Waals surface area contributed by atoms with Crippen molar-refractivity contribution in [2.24, 2.45) is 0 Å². The van der Waals surface area contributed by atoms with E-state index in [0.29, 0.717) is 0 Å². The molecule has 1 heteroatoms. The predicted molar refractivity (Wildman–Crippen MR) is 65.2 cm³/mol. The second kappa shape index (κ2) is 3.58. The summed E-state index contributed by atoms with van der Waals surface area (Å²) in [4.78, 5) is 3.32. The molecule has 1 heterocycles. The number of nitrogens with one attached hydrogen (secondary N) is 1. The van der Waals surface area contributed by atoms with Crippen LogP contribution in [0.4, 0.5) is 0 Å². The largest absolute Gasteiger partial charge is 0.361 e. The van der Waals surface area contributed by atoms with Crippen LogP contribution in [-0.2, 0) is 0 Å². The quantitative estimate of drug-likeness (QED) is 0.716. The van der Waals surface area contributed by atoms with E-state index in [1.807, 2.05) is 6.20 Å². The topological polar surface area (TPSA) is 15.8 Å². The predicted octanol–water partition coefficient (Wildman–Crippen LogP) is 3.92. The minimum atomic E-state index is 1.25. The first-order valence-electron chi connectivity index (χ1n) is 5.32. The van der Waals surface area contributed by atoms with Gasteiger partial charge in [-0.3, -0.25) is 0 Å². The zero-order valence-electron chi connectivity index (χ0n) is 9.81. The molecule has 0 saturated carbocycles. The van der Waals surface area contributed by atoms with Gasteiger partial charge in [0.05, 0.1) is 0 Å². The molecule has 0 aliphatic heterocycles. The third-order valence-corrected chi connectivity index (χ3v) is 2.88. The molecule has 15 heavy (non-hydrogen) atoms. The van der Waals surface area contributed by atoms with E-state index in [1.54, 1.807) is 0 Å². The number of aryl methyl sites for hydroxylation is 4. The Morgan fingerprint density at radius 1 is 0.867 bits per heavy atom. The average Bonchev–Trinajstić information content (AvgIpc) is 2.50. The van der Waals surface area contributed by atoms with Crippen molar-refractivity contribution >= 4 is 0 Å². The fourth-order valence-corrected chi connectivity index (χ4v) is 2.29. The lowest BCUT2D eigenvalue weighted by atomic mass is 9.96. The van der Waals surface area contributed by atoms with Crippen LogP contribution in [0.3, 0.4) is 0 Å². The molecule has 0 aliphatic rings. The summed E-state index contributed by atoms with van der Waals surface area (Å²) in [5, 5.41) is 0. The van der Waals surface area contributed by atoms with Crippen molar-refractivity contribution in [3.8, 4) is 11.3 Å². The summed E-state index contributed by atoms with van der Waals surface area (Å²) in [5.74, 6) is 0. The third-order valence-electron chi connectivity index (χ3n) is 2.88. The van der Waals surface area contributed by atoms with Crippen LogP contribution < -0.4 is 0 Å². The molecule has 2 rings (SSSR count). The van der Waals surface area contributed by atoms with Crippen LogP contribution in [0.1, 0.15) is 22.3 Å². The van der Waals surface area contributed by atoms with Crippen LogP contribution in [-0.4, -0.2) is 4.98 Å². The molecule has 0 radical (unpaired) electrons. The van der Waals surface area contributed by atoms with E-state index in [2.05, 4.69) is 50.9 Å². The lowest BCUT2D eigenvalue weighted by Crippen LogP contribution is -1.91. The standard InChI is InChI=1S/C14H17N/c1-9-7-11(3)13(12(4)8-9)14-10(2)5-6-15-14/h5-8,15H,1-4H3. The van der Waals surface area contributed by atoms with Gasteiger partial charge in [0.2, 0.25) is 0 Å². The van der Waals surface area contributed by atoms with Crippen molar-refractivity contribution in [1.82, 2.24) is 4.98 Å². The molecule has 0 amide bonds. The van der Waals surface area contributed by atoms with Gasteiger partial charge in [0, 0.05) is 17.5 Å². The molecule has 0 fully saturated rings. The second-order valence-electron chi connectivity index (χ2n) is 4.31. The third kappa shape index (κ3) is 1.70. The highest BCUT2D eigenvalue weighted by Gasteiger charge is 2.09. The number of H-pyrrole nitrogens is 1. The van der Waals surface area contributed by atoms with E-state index in [1.165, 1.54) is 33.5 Å². The maximum atomic E-state index is 3.32. The zero-order valence-corrected chi connectivity index (χ0v) is 9.81. The van der Waals surface area contributed by atoms with Gasteiger partial charge in [-0.15, -0.1) is 0 Å². The zero-order chi connectivity index (χ0) is 11.0. The van der Waals surface area contributed by atoms with Gasteiger partial charge in [0.15, 0.2) is 0 Å². The number of aromatic nitrogens is 1. The number of hydrogen-bond donors (Lipinski definition) is 1. The van der Waals surface area contributed by atoms with Gasteiger partial charge in [0.25, 0.3) is 0 Å². The van der Waals surface area contributed by atoms with Crippen molar-refractivity contribution in [1.29, 1.82) is 0 Å². The number of hydrogen-bond acceptors (Lipinski definition) is 0. The SMILES string of the molecule is Cc1cc(C)c(-c2[nH]ccc2C)c(C)c1. The molecule has 0 bridgehead atoms. The van der Waals surface area contributed by atoms with Crippen molar-refractivity contribution in [3.05, 3.63) is 46.6 Å². The molecule has 0 spiro atoms. The number of rotatable bonds is 1. The lowest BCUT2D eigenvalue weighted by molar-refractivity contribution is 1.28. The number of aromatic amines is 1. The maximum Gasteiger partial charge on any atom is 0.0488 e. The number of benzene rings is 1. The van der Waals surface area contributed by atoms with E-state index in [-0.39, 0.29) is 0 Å². The van der Waals surface area contributed by atoms with Crippen molar-refractivity contribution in [2.45, 2.75) is 27.7 Å². The second-order valence-corrected chi connectivity index (χ2v) is 4.31. The molecule has 1 aromatic heterocycles. The fraction of sp³-hybridized carbons (Fsp3) is 0.286. The van der Waals surface area contributed by atoms with Crippen molar-refractivity contribution in [2.75, 3.05) is 0 Å². The highest BCUT2D eigenvalue weighted by atomic mass is 14.7.